The molecule has 0 radical (unpaired) electrons. The normalized spacial score (nSPS) is 28.5. The van der Waals surface area contributed by atoms with Gasteiger partial charge in [0.05, 0.1) is 50.6 Å². The Balaban J connectivity index is 0.000000260. The predicted octanol–water partition coefficient (Wildman–Crippen LogP) is 13.1. The van der Waals surface area contributed by atoms with E-state index in [1.165, 1.54) is 90.6 Å². The second-order valence-electron chi connectivity index (χ2n) is 30.6. The van der Waals surface area contributed by atoms with Gasteiger partial charge in [0.2, 0.25) is 23.6 Å². The van der Waals surface area contributed by atoms with Gasteiger partial charge >= 0.3 is 24.1 Å². The highest BCUT2D eigenvalue weighted by Crippen LogP contribution is 2.52. The van der Waals surface area contributed by atoms with Crippen molar-refractivity contribution in [3.63, 3.8) is 0 Å². The summed E-state index contributed by atoms with van der Waals surface area (Å²) in [6.45, 7) is 14.0. The highest BCUT2D eigenvalue weighted by atomic mass is 35.5. The molecule has 11 rings (SSSR count). The Morgan fingerprint density at radius 3 is 1.36 bits per heavy atom. The highest BCUT2D eigenvalue weighted by Gasteiger charge is 2.66. The molecule has 16 atom stereocenters. The van der Waals surface area contributed by atoms with E-state index in [1.54, 1.807) is 137 Å². The van der Waals surface area contributed by atoms with Crippen LogP contribution >= 0.6 is 79.0 Å². The summed E-state index contributed by atoms with van der Waals surface area (Å²) in [5.74, 6) is -2.41. The third-order valence-corrected chi connectivity index (χ3v) is 27.5. The van der Waals surface area contributed by atoms with E-state index in [2.05, 4.69) is 38.2 Å². The molecule has 2 aromatic carbocycles. The number of aliphatic hydroxyl groups is 2. The van der Waals surface area contributed by atoms with Crippen molar-refractivity contribution in [3.8, 4) is 11.5 Å². The number of likely N-dealkylation sites (N-methyl/N-ethyl adjacent to an activating group) is 2. The number of ether oxygens (including phenoxy) is 10. The number of methoxy groups -OCH3 is 4. The molecule has 0 unspecified atom stereocenters. The zero-order valence-corrected chi connectivity index (χ0v) is 76.1. The van der Waals surface area contributed by atoms with Crippen LogP contribution in [0, 0.1) is 11.8 Å². The summed E-state index contributed by atoms with van der Waals surface area (Å²) in [6, 6.07) is 22.5. The van der Waals surface area contributed by atoms with Crippen LogP contribution in [0.25, 0.3) is 0 Å². The van der Waals surface area contributed by atoms with Gasteiger partial charge in [0, 0.05) is 106 Å². The van der Waals surface area contributed by atoms with E-state index in [4.69, 9.17) is 70.6 Å². The first kappa shape index (κ1) is 96.7. The quantitative estimate of drug-likeness (QED) is 0.0121. The number of anilines is 2. The Kier molecular flexibility index (Phi) is 34.8. The summed E-state index contributed by atoms with van der Waals surface area (Å²) < 4.78 is 58.4. The molecule has 121 heavy (non-hydrogen) atoms. The molecule has 5 aromatic rings. The largest absolute Gasteiger partial charge is 0.495 e. The molecule has 9 heterocycles. The van der Waals surface area contributed by atoms with Crippen LogP contribution in [0.4, 0.5) is 21.0 Å². The van der Waals surface area contributed by atoms with Gasteiger partial charge in [-0.3, -0.25) is 29.8 Å². The molecule has 658 valence electrons. The predicted molar refractivity (Wildman–Crippen MR) is 470 cm³/mol. The Morgan fingerprint density at radius 1 is 0.620 bits per heavy atom. The van der Waals surface area contributed by atoms with Crippen LogP contribution in [-0.4, -0.2) is 234 Å². The van der Waals surface area contributed by atoms with E-state index in [0.717, 1.165) is 37.4 Å². The maximum Gasteiger partial charge on any atom is 0.409 e. The lowest BCUT2D eigenvalue weighted by molar-refractivity contribution is -0.162. The molecule has 0 saturated carbocycles. The van der Waals surface area contributed by atoms with Crippen LogP contribution in [0.15, 0.2) is 160 Å². The number of allylic oxidation sites excluding steroid dienone is 6. The number of benzene rings is 2. The number of thiol groups is 1. The second-order valence-corrected chi connectivity index (χ2v) is 36.4. The van der Waals surface area contributed by atoms with Crippen LogP contribution < -0.4 is 29.9 Å². The number of halogens is 2. The lowest BCUT2D eigenvalue weighted by Gasteiger charge is -2.42. The standard InChI is InChI=1S/C40H51ClN4O10S2.C35H48ClN3O10S.C10H8N2S2.H2/c1-23-12-11-13-30(52-8)40(50)22-29(53-38(49)43-40)24(2)36-39(4,55-36)31(21-34(47)45(6)27-19-26(18-23)20-28(51-7)35(27)41)54-37(48)25(3)44(5)33(46)15-17-56-57-32-14-9-10-16-42-32;1-19-10-9-11-26(46-8)35(44)18-25(47-33(43)37-35)20(2)31-34(4,49-31)27(48-32(42)21(3)38(5)28(40)12-13-50)17-29(41)39(6)23-15-22(14-19)16-24(45-7)30(23)36;1-3-7-11-9(5-1)13-14-10-6-2-4-8-12-10;/h9-14,16,19-20,24-25,29-31,36,50H,15,17-18,21-22H2,1-8H3,(H,43,49);9-11,15-16,20-21,25-27,31,44,50H,12-14,17-18H2,1-8H3,(H,37,43);1-8H;1H/b13-11+,23-12+;11-9+,19-10+;;/t24-,25+,29+,30-,31+,36+,39+,40+;20-,21+,25+,26-,27+,31+,34+,35+;;/m11../s1/i;;;1+1. The first-order valence-electron chi connectivity index (χ1n) is 39.1. The molecule has 0 spiro atoms. The number of epoxide rings is 2. The van der Waals surface area contributed by atoms with Crippen molar-refractivity contribution < 1.29 is 97.4 Å². The second kappa shape index (κ2) is 43.5. The number of rotatable bonds is 20. The summed E-state index contributed by atoms with van der Waals surface area (Å²) in [5.41, 5.74) is -1.84. The molecule has 6 amide bonds. The number of aromatic nitrogens is 3. The molecule has 29 nitrogen and oxygen atoms in total. The number of nitrogens with zero attached hydrogens (tertiary/aromatic N) is 7. The van der Waals surface area contributed by atoms with Crippen LogP contribution in [0.2, 0.25) is 10.0 Å². The van der Waals surface area contributed by atoms with Crippen LogP contribution in [0.1, 0.15) is 106 Å². The third kappa shape index (κ3) is 24.9. The Labute approximate surface area is 738 Å². The zero-order valence-electron chi connectivity index (χ0n) is 70.4. The van der Waals surface area contributed by atoms with E-state index in [9.17, 15) is 48.6 Å². The van der Waals surface area contributed by atoms with Gasteiger partial charge in [0.1, 0.15) is 96.5 Å². The fourth-order valence-corrected chi connectivity index (χ4v) is 18.8. The molecule has 4 N–H and O–H groups in total. The SMILES string of the molecule is COc1cc2cc(c1Cl)N(C)C(=O)C[C@H](OC(=O)[C@H](C)N(C)C(=O)CCS)[C@]1(C)O[C@H]1[C@H](C)[C@@H]1C[C@@](O)(NC(=O)O1)[C@H](OC)/C=C/C=C(\C)C2.COc1cc2cc(c1Cl)N(C)C(=O)C[C@H](OC(=O)[C@H](C)N(C)C(=O)CCSSc1ccccn1)[C@]1(C)O[C@H]1[C@H](C)[C@@H]1C[C@@](O)(NC(=O)O1)[C@H](OC)/C=C/C=C(\C)C2.[2HH].c1ccc(SSc2ccccn2)nc1. The van der Waals surface area contributed by atoms with E-state index < -0.39 is 131 Å². The minimum Gasteiger partial charge on any atom is -0.495 e. The number of hydrogen-bond acceptors (Lipinski definition) is 28. The monoisotopic (exact) mass is 1810 g/mol. The number of amides is 6. The number of fused-ring (bicyclic) bond motifs is 10. The molecule has 6 aliphatic rings. The van der Waals surface area contributed by atoms with Crippen molar-refractivity contribution in [1.82, 2.24) is 35.4 Å². The highest BCUT2D eigenvalue weighted by molar-refractivity contribution is 8.77. The van der Waals surface area contributed by atoms with Crippen molar-refractivity contribution in [2.45, 2.75) is 205 Å². The van der Waals surface area contributed by atoms with Gasteiger partial charge in [-0.2, -0.15) is 12.6 Å². The molecule has 0 aliphatic carbocycles. The molecule has 4 fully saturated rings. The summed E-state index contributed by atoms with van der Waals surface area (Å²) in [6.07, 6.45) is 7.43. The Hall–Kier alpha value is -8.10. The average molecular weight is 1810 g/mol. The smallest absolute Gasteiger partial charge is 0.409 e. The summed E-state index contributed by atoms with van der Waals surface area (Å²) in [5, 5.41) is 31.8. The molecule has 3 aromatic heterocycles. The van der Waals surface area contributed by atoms with Gasteiger partial charge in [-0.1, -0.05) is 114 Å². The van der Waals surface area contributed by atoms with Crippen LogP contribution in [0.5, 0.6) is 11.5 Å². The molecule has 8 bridgehead atoms. The molecule has 6 aliphatic heterocycles. The zero-order chi connectivity index (χ0) is 88.4. The number of nitrogens with one attached hydrogen (secondary N) is 2. The van der Waals surface area contributed by atoms with Gasteiger partial charge in [0.25, 0.3) is 0 Å². The van der Waals surface area contributed by atoms with Crippen molar-refractivity contribution in [3.05, 3.63) is 166 Å². The minimum absolute atomic E-state index is 0. The number of carbonyl (C=O) groups excluding carboxylic acids is 8. The maximum atomic E-state index is 14.2. The molecular weight excluding hydrogens is 1700 g/mol. The van der Waals surface area contributed by atoms with Crippen LogP contribution in [-0.2, 0) is 79.5 Å². The van der Waals surface area contributed by atoms with Crippen LogP contribution in [0.3, 0.4) is 0 Å². The first-order valence-corrected chi connectivity index (χ1v) is 45.0. The molecular formula is C85H109Cl2N9O20S5. The van der Waals surface area contributed by atoms with Gasteiger partial charge in [-0.15, -0.1) is 0 Å². The summed E-state index contributed by atoms with van der Waals surface area (Å²) in [7, 11) is 18.2. The lowest BCUT2D eigenvalue weighted by Crippen LogP contribution is -2.63. The average Bonchev–Trinajstić information content (AvgIpc) is 1.58. The van der Waals surface area contributed by atoms with Gasteiger partial charge in [-0.25, -0.2) is 34.1 Å². The number of alkyl carbamates (subject to hydrolysis) is 2. The van der Waals surface area contributed by atoms with Gasteiger partial charge in [0.15, 0.2) is 11.4 Å². The van der Waals surface area contributed by atoms with E-state index in [-0.39, 0.29) is 61.8 Å². The maximum absolute atomic E-state index is 14.2. The third-order valence-electron chi connectivity index (χ3n) is 22.0. The van der Waals surface area contributed by atoms with Crippen molar-refractivity contribution >= 4 is 138 Å². The summed E-state index contributed by atoms with van der Waals surface area (Å²) >= 11 is 17.6. The fourth-order valence-electron chi connectivity index (χ4n) is 14.4. The molecule has 4 saturated heterocycles. The van der Waals surface area contributed by atoms with Crippen molar-refractivity contribution in [1.29, 1.82) is 0 Å². The van der Waals surface area contributed by atoms with Crippen molar-refractivity contribution in [2.24, 2.45) is 11.8 Å². The number of carbonyl (C=O) groups is 8. The summed E-state index contributed by atoms with van der Waals surface area (Å²) in [4.78, 5) is 125. The number of pyridine rings is 3. The molecule has 36 heteroatoms. The Bertz CT molecular complexity index is 4580. The van der Waals surface area contributed by atoms with Gasteiger partial charge < -0.3 is 77.2 Å². The van der Waals surface area contributed by atoms with Crippen molar-refractivity contribution in [2.75, 3.05) is 77.9 Å². The van der Waals surface area contributed by atoms with E-state index in [0.29, 0.717) is 47.2 Å². The van der Waals surface area contributed by atoms with E-state index >= 15 is 0 Å². The topological polar surface area (TPSA) is 352 Å². The number of esters is 2. The van der Waals surface area contributed by atoms with E-state index in [1.807, 2.05) is 80.6 Å². The Morgan fingerprint density at radius 2 is 1.00 bits per heavy atom. The lowest BCUT2D eigenvalue weighted by atomic mass is 9.83. The first-order chi connectivity index (χ1) is 57.4. The van der Waals surface area contributed by atoms with Gasteiger partial charge in [-0.05, 0) is 164 Å². The fraction of sp³-hybridized carbons (Fsp3) is 0.494. The minimum atomic E-state index is -1.83. The number of hydrogen-bond donors (Lipinski definition) is 5.